The average molecular weight is 479 g/mol. The molecule has 6 rings (SSSR count). The molecular formula is C31H27FN2S. The van der Waals surface area contributed by atoms with Gasteiger partial charge in [-0.3, -0.25) is 4.57 Å². The smallest absolute Gasteiger partial charge is 0.147 e. The maximum Gasteiger partial charge on any atom is 0.147 e. The largest absolute Gasteiger partial charge is 0.292 e. The van der Waals surface area contributed by atoms with Crippen molar-refractivity contribution in [2.45, 2.75) is 39.5 Å². The highest BCUT2D eigenvalue weighted by Gasteiger charge is 2.23. The second-order valence-corrected chi connectivity index (χ2v) is 10.8. The van der Waals surface area contributed by atoms with E-state index in [1.54, 1.807) is 23.5 Å². The fourth-order valence-corrected chi connectivity index (χ4v) is 6.39. The van der Waals surface area contributed by atoms with Crippen LogP contribution in [-0.2, 0) is 0 Å². The van der Waals surface area contributed by atoms with Gasteiger partial charge in [-0.25, -0.2) is 9.37 Å². The highest BCUT2D eigenvalue weighted by molar-refractivity contribution is 7.26. The molecule has 0 fully saturated rings. The predicted octanol–water partition coefficient (Wildman–Crippen LogP) is 9.45. The van der Waals surface area contributed by atoms with Gasteiger partial charge in [0.1, 0.15) is 11.6 Å². The van der Waals surface area contributed by atoms with Gasteiger partial charge in [-0.1, -0.05) is 76.2 Å². The number of hydrogen-bond donors (Lipinski definition) is 0. The summed E-state index contributed by atoms with van der Waals surface area (Å²) in [7, 11) is 0. The third-order valence-corrected chi connectivity index (χ3v) is 8.03. The molecule has 0 aliphatic rings. The molecule has 0 radical (unpaired) electrons. The van der Waals surface area contributed by atoms with Crippen molar-refractivity contribution in [3.8, 4) is 17.1 Å². The molecule has 0 aliphatic carbocycles. The van der Waals surface area contributed by atoms with E-state index in [1.165, 1.54) is 16.8 Å². The quantitative estimate of drug-likeness (QED) is 0.247. The first-order valence-corrected chi connectivity index (χ1v) is 13.0. The summed E-state index contributed by atoms with van der Waals surface area (Å²) < 4.78 is 18.5. The zero-order valence-corrected chi connectivity index (χ0v) is 21.2. The Morgan fingerprint density at radius 3 is 2.23 bits per heavy atom. The van der Waals surface area contributed by atoms with Crippen LogP contribution in [0.15, 0.2) is 78.9 Å². The van der Waals surface area contributed by atoms with E-state index in [2.05, 4.69) is 86.9 Å². The summed E-state index contributed by atoms with van der Waals surface area (Å²) in [6.07, 6.45) is 0. The molecule has 0 saturated heterocycles. The summed E-state index contributed by atoms with van der Waals surface area (Å²) in [5, 5.41) is 2.23. The van der Waals surface area contributed by atoms with Gasteiger partial charge in [0.25, 0.3) is 0 Å². The van der Waals surface area contributed by atoms with Crippen LogP contribution in [0.1, 0.15) is 50.7 Å². The summed E-state index contributed by atoms with van der Waals surface area (Å²) in [5.41, 5.74) is 7.00. The molecule has 2 heterocycles. The van der Waals surface area contributed by atoms with Gasteiger partial charge in [0.2, 0.25) is 0 Å². The van der Waals surface area contributed by atoms with Crippen molar-refractivity contribution >= 4 is 42.5 Å². The summed E-state index contributed by atoms with van der Waals surface area (Å²) in [6.45, 7) is 9.01. The number of hydrogen-bond acceptors (Lipinski definition) is 2. The number of fused-ring (bicyclic) bond motifs is 4. The Bertz CT molecular complexity index is 1700. The Morgan fingerprint density at radius 2 is 1.49 bits per heavy atom. The molecule has 0 unspecified atom stereocenters. The zero-order valence-electron chi connectivity index (χ0n) is 20.3. The second-order valence-electron chi connectivity index (χ2n) is 9.78. The molecule has 2 aromatic heterocycles. The molecular weight excluding hydrogens is 451 g/mol. The molecule has 0 N–H and O–H groups in total. The Hall–Kier alpha value is -3.50. The van der Waals surface area contributed by atoms with Crippen molar-refractivity contribution in [3.05, 3.63) is 95.8 Å². The fourth-order valence-electron chi connectivity index (χ4n) is 5.15. The number of halogens is 1. The molecule has 4 aromatic carbocycles. The van der Waals surface area contributed by atoms with Crippen molar-refractivity contribution in [1.82, 2.24) is 9.55 Å². The number of imidazole rings is 1. The number of benzene rings is 4. The Labute approximate surface area is 208 Å². The number of thiophene rings is 1. The second kappa shape index (κ2) is 8.31. The van der Waals surface area contributed by atoms with Gasteiger partial charge in [-0.15, -0.1) is 11.3 Å². The molecule has 0 atom stereocenters. The lowest BCUT2D eigenvalue weighted by atomic mass is 9.92. The maximum atomic E-state index is 14.0. The minimum Gasteiger partial charge on any atom is -0.292 e. The van der Waals surface area contributed by atoms with E-state index >= 15 is 0 Å². The monoisotopic (exact) mass is 478 g/mol. The van der Waals surface area contributed by atoms with Gasteiger partial charge < -0.3 is 0 Å². The van der Waals surface area contributed by atoms with Gasteiger partial charge in [0.15, 0.2) is 0 Å². The Morgan fingerprint density at radius 1 is 0.771 bits per heavy atom. The summed E-state index contributed by atoms with van der Waals surface area (Å²) in [4.78, 5) is 5.19. The topological polar surface area (TPSA) is 17.8 Å². The molecule has 4 heteroatoms. The SMILES string of the molecule is CC(C)c1cccc(C(C)C)c1-n1c(-c2cccc3c2sc2cc(F)ccc23)nc2ccccc21. The highest BCUT2D eigenvalue weighted by Crippen LogP contribution is 2.43. The minimum absolute atomic E-state index is 0.203. The van der Waals surface area contributed by atoms with E-state index in [0.29, 0.717) is 11.8 Å². The normalized spacial score (nSPS) is 12.1. The average Bonchev–Trinajstić information content (AvgIpc) is 3.41. The fraction of sp³-hybridized carbons (Fsp3) is 0.194. The standard InChI is InChI=1S/C31H27FN2S/c1-18(2)21-9-7-10-22(19(3)4)29(21)34-27-14-6-5-13-26(27)33-31(34)25-12-8-11-24-23-16-15-20(32)17-28(23)35-30(24)25/h5-19H,1-4H3. The van der Waals surface area contributed by atoms with E-state index in [-0.39, 0.29) is 5.82 Å². The molecule has 174 valence electrons. The molecule has 0 bridgehead atoms. The van der Waals surface area contributed by atoms with Crippen molar-refractivity contribution in [2.75, 3.05) is 0 Å². The lowest BCUT2D eigenvalue weighted by Gasteiger charge is -2.22. The van der Waals surface area contributed by atoms with Crippen LogP contribution in [0.2, 0.25) is 0 Å². The van der Waals surface area contributed by atoms with Gasteiger partial charge in [0.05, 0.1) is 16.7 Å². The molecule has 0 spiro atoms. The van der Waals surface area contributed by atoms with Crippen molar-refractivity contribution < 1.29 is 4.39 Å². The number of para-hydroxylation sites is 3. The van der Waals surface area contributed by atoms with Crippen LogP contribution < -0.4 is 0 Å². The third-order valence-electron chi connectivity index (χ3n) is 6.83. The summed E-state index contributed by atoms with van der Waals surface area (Å²) >= 11 is 1.64. The van der Waals surface area contributed by atoms with Crippen LogP contribution in [0, 0.1) is 5.82 Å². The first-order valence-electron chi connectivity index (χ1n) is 12.2. The van der Waals surface area contributed by atoms with Crippen molar-refractivity contribution in [2.24, 2.45) is 0 Å². The van der Waals surface area contributed by atoms with Gasteiger partial charge >= 0.3 is 0 Å². The molecule has 0 aliphatic heterocycles. The Balaban J connectivity index is 1.76. The van der Waals surface area contributed by atoms with E-state index in [0.717, 1.165) is 42.6 Å². The zero-order chi connectivity index (χ0) is 24.3. The third kappa shape index (κ3) is 3.47. The summed E-state index contributed by atoms with van der Waals surface area (Å²) in [5.74, 6) is 1.45. The molecule has 35 heavy (non-hydrogen) atoms. The molecule has 6 aromatic rings. The van der Waals surface area contributed by atoms with E-state index in [9.17, 15) is 4.39 Å². The van der Waals surface area contributed by atoms with Crippen LogP contribution in [0.5, 0.6) is 0 Å². The highest BCUT2D eigenvalue weighted by atomic mass is 32.1. The molecule has 0 saturated carbocycles. The first-order chi connectivity index (χ1) is 16.9. The van der Waals surface area contributed by atoms with Gasteiger partial charge in [0, 0.05) is 25.7 Å². The van der Waals surface area contributed by atoms with E-state index in [1.807, 2.05) is 12.1 Å². The maximum absolute atomic E-state index is 14.0. The Kier molecular flexibility index (Phi) is 5.23. The number of rotatable bonds is 4. The minimum atomic E-state index is -0.203. The number of aromatic nitrogens is 2. The van der Waals surface area contributed by atoms with Gasteiger partial charge in [-0.05, 0) is 53.3 Å². The van der Waals surface area contributed by atoms with Crippen LogP contribution in [-0.4, -0.2) is 9.55 Å². The molecule has 2 nitrogen and oxygen atoms in total. The van der Waals surface area contributed by atoms with E-state index in [4.69, 9.17) is 4.98 Å². The predicted molar refractivity (Wildman–Crippen MR) is 148 cm³/mol. The van der Waals surface area contributed by atoms with Crippen molar-refractivity contribution in [1.29, 1.82) is 0 Å². The van der Waals surface area contributed by atoms with Crippen LogP contribution in [0.25, 0.3) is 48.3 Å². The van der Waals surface area contributed by atoms with Crippen LogP contribution in [0.3, 0.4) is 0 Å². The first kappa shape index (κ1) is 22.0. The summed E-state index contributed by atoms with van der Waals surface area (Å²) in [6, 6.07) is 26.5. The van der Waals surface area contributed by atoms with Gasteiger partial charge in [-0.2, -0.15) is 0 Å². The lowest BCUT2D eigenvalue weighted by molar-refractivity contribution is 0.630. The lowest BCUT2D eigenvalue weighted by Crippen LogP contribution is -2.08. The van der Waals surface area contributed by atoms with Crippen molar-refractivity contribution in [3.63, 3.8) is 0 Å². The van der Waals surface area contributed by atoms with E-state index < -0.39 is 0 Å². The number of nitrogens with zero attached hydrogens (tertiary/aromatic N) is 2. The van der Waals surface area contributed by atoms with Crippen LogP contribution in [0.4, 0.5) is 4.39 Å². The molecule has 0 amide bonds. The van der Waals surface area contributed by atoms with Crippen LogP contribution >= 0.6 is 11.3 Å².